The Morgan fingerprint density at radius 3 is 2.19 bits per heavy atom. The van der Waals surface area contributed by atoms with Crippen LogP contribution < -0.4 is 15.0 Å². The fourth-order valence-electron chi connectivity index (χ4n) is 3.35. The SMILES string of the molecule is O=C1NC(=O)N(c2ccc(C(=O)O)cc2)C(=O)/C1=C/c1ccc(OCc2ccc([N+](=O)[O-])cc2)cc1. The Kier molecular flexibility index (Phi) is 6.55. The van der Waals surface area contributed by atoms with Gasteiger partial charge in [0, 0.05) is 12.1 Å². The topological polar surface area (TPSA) is 156 Å². The normalized spacial score (nSPS) is 14.5. The van der Waals surface area contributed by atoms with Crippen LogP contribution in [0.3, 0.4) is 0 Å². The highest BCUT2D eigenvalue weighted by Crippen LogP contribution is 2.23. The van der Waals surface area contributed by atoms with E-state index in [-0.39, 0.29) is 29.1 Å². The number of carboxylic acid groups (broad SMARTS) is 1. The first-order valence-corrected chi connectivity index (χ1v) is 10.4. The smallest absolute Gasteiger partial charge is 0.335 e. The number of anilines is 1. The Labute approximate surface area is 203 Å². The number of barbiturate groups is 1. The average molecular weight is 487 g/mol. The third-order valence-corrected chi connectivity index (χ3v) is 5.22. The number of nitro groups is 1. The molecule has 0 saturated carbocycles. The maximum Gasteiger partial charge on any atom is 0.335 e. The first-order valence-electron chi connectivity index (χ1n) is 10.4. The lowest BCUT2D eigenvalue weighted by molar-refractivity contribution is -0.384. The standard InChI is InChI=1S/C25H17N3O8/c29-22-21(23(30)27(25(33)26-22)18-9-5-17(6-10-18)24(31)32)13-15-3-11-20(12-4-15)36-14-16-1-7-19(8-2-16)28(34)35/h1-13H,14H2,(H,31,32)(H,26,29,33)/b21-13+. The lowest BCUT2D eigenvalue weighted by Crippen LogP contribution is -2.54. The molecule has 0 unspecified atom stereocenters. The van der Waals surface area contributed by atoms with Gasteiger partial charge in [0.1, 0.15) is 17.9 Å². The minimum Gasteiger partial charge on any atom is -0.489 e. The van der Waals surface area contributed by atoms with E-state index < -0.39 is 28.7 Å². The molecule has 1 heterocycles. The lowest BCUT2D eigenvalue weighted by atomic mass is 10.1. The molecule has 0 aliphatic carbocycles. The number of carbonyl (C=O) groups is 4. The van der Waals surface area contributed by atoms with Crippen LogP contribution in [0, 0.1) is 10.1 Å². The molecular weight excluding hydrogens is 470 g/mol. The van der Waals surface area contributed by atoms with Crippen LogP contribution in [-0.2, 0) is 16.2 Å². The first-order chi connectivity index (χ1) is 17.2. The number of hydrogen-bond donors (Lipinski definition) is 2. The van der Waals surface area contributed by atoms with E-state index in [9.17, 15) is 29.3 Å². The fraction of sp³-hybridized carbons (Fsp3) is 0.0400. The summed E-state index contributed by atoms with van der Waals surface area (Å²) in [6, 6.07) is 16.6. The zero-order valence-electron chi connectivity index (χ0n) is 18.4. The Bertz CT molecular complexity index is 1390. The number of imide groups is 2. The Morgan fingerprint density at radius 1 is 0.972 bits per heavy atom. The number of ether oxygens (including phenoxy) is 1. The molecule has 4 rings (SSSR count). The molecule has 2 N–H and O–H groups in total. The van der Waals surface area contributed by atoms with Gasteiger partial charge in [0.15, 0.2) is 0 Å². The molecule has 4 amide bonds. The largest absolute Gasteiger partial charge is 0.489 e. The summed E-state index contributed by atoms with van der Waals surface area (Å²) in [5.41, 5.74) is 1.01. The lowest BCUT2D eigenvalue weighted by Gasteiger charge is -2.26. The van der Waals surface area contributed by atoms with Gasteiger partial charge in [-0.05, 0) is 65.7 Å². The monoisotopic (exact) mass is 487 g/mol. The second kappa shape index (κ2) is 9.89. The van der Waals surface area contributed by atoms with Crippen LogP contribution in [0.5, 0.6) is 5.75 Å². The summed E-state index contributed by atoms with van der Waals surface area (Å²) in [6.07, 6.45) is 1.32. The van der Waals surface area contributed by atoms with Crippen molar-refractivity contribution in [3.8, 4) is 5.75 Å². The molecule has 1 fully saturated rings. The molecule has 1 aliphatic heterocycles. The van der Waals surface area contributed by atoms with Gasteiger partial charge >= 0.3 is 12.0 Å². The fourth-order valence-corrected chi connectivity index (χ4v) is 3.35. The number of nitrogens with zero attached hydrogens (tertiary/aromatic N) is 2. The second-order valence-electron chi connectivity index (χ2n) is 7.59. The van der Waals surface area contributed by atoms with E-state index >= 15 is 0 Å². The molecule has 3 aromatic rings. The molecule has 0 aromatic heterocycles. The second-order valence-corrected chi connectivity index (χ2v) is 7.59. The molecule has 3 aromatic carbocycles. The number of non-ortho nitro benzene ring substituents is 1. The van der Waals surface area contributed by atoms with Crippen LogP contribution in [0.25, 0.3) is 6.08 Å². The summed E-state index contributed by atoms with van der Waals surface area (Å²) in [5, 5.41) is 21.9. The van der Waals surface area contributed by atoms with Crippen molar-refractivity contribution in [1.82, 2.24) is 5.32 Å². The third kappa shape index (κ3) is 5.09. The van der Waals surface area contributed by atoms with Gasteiger partial charge in [-0.15, -0.1) is 0 Å². The Morgan fingerprint density at radius 2 is 1.61 bits per heavy atom. The minimum atomic E-state index is -1.16. The van der Waals surface area contributed by atoms with Crippen LogP contribution >= 0.6 is 0 Å². The highest BCUT2D eigenvalue weighted by molar-refractivity contribution is 6.39. The summed E-state index contributed by atoms with van der Waals surface area (Å²) in [4.78, 5) is 59.6. The predicted octanol–water partition coefficient (Wildman–Crippen LogP) is 3.54. The van der Waals surface area contributed by atoms with Crippen molar-refractivity contribution in [3.05, 3.63) is 105 Å². The van der Waals surface area contributed by atoms with Crippen molar-refractivity contribution in [2.75, 3.05) is 4.90 Å². The number of carboxylic acids is 1. The number of nitro benzene ring substituents is 1. The Hall–Kier alpha value is -5.32. The molecule has 0 bridgehead atoms. The Balaban J connectivity index is 1.48. The average Bonchev–Trinajstić information content (AvgIpc) is 2.86. The van der Waals surface area contributed by atoms with E-state index in [1.54, 1.807) is 36.4 Å². The molecule has 0 radical (unpaired) electrons. The number of nitrogens with one attached hydrogen (secondary N) is 1. The van der Waals surface area contributed by atoms with E-state index in [1.165, 1.54) is 42.5 Å². The number of aromatic carboxylic acids is 1. The summed E-state index contributed by atoms with van der Waals surface area (Å²) in [5.74, 6) is -2.38. The molecule has 1 aliphatic rings. The number of hydrogen-bond acceptors (Lipinski definition) is 7. The summed E-state index contributed by atoms with van der Waals surface area (Å²) < 4.78 is 5.66. The van der Waals surface area contributed by atoms with Gasteiger partial charge in [0.2, 0.25) is 0 Å². The van der Waals surface area contributed by atoms with Crippen molar-refractivity contribution in [1.29, 1.82) is 0 Å². The predicted molar refractivity (Wildman–Crippen MR) is 126 cm³/mol. The van der Waals surface area contributed by atoms with E-state index in [2.05, 4.69) is 5.32 Å². The van der Waals surface area contributed by atoms with Gasteiger partial charge in [-0.25, -0.2) is 14.5 Å². The molecule has 1 saturated heterocycles. The molecule has 11 heteroatoms. The number of benzene rings is 3. The highest BCUT2D eigenvalue weighted by atomic mass is 16.6. The van der Waals surface area contributed by atoms with Crippen LogP contribution in [0.15, 0.2) is 78.4 Å². The number of amides is 4. The maximum atomic E-state index is 13.0. The van der Waals surface area contributed by atoms with Crippen LogP contribution in [-0.4, -0.2) is 33.8 Å². The van der Waals surface area contributed by atoms with Gasteiger partial charge < -0.3 is 9.84 Å². The van der Waals surface area contributed by atoms with Crippen molar-refractivity contribution in [2.24, 2.45) is 0 Å². The van der Waals surface area contributed by atoms with Crippen molar-refractivity contribution in [2.45, 2.75) is 6.61 Å². The molecule has 0 spiro atoms. The molecule has 11 nitrogen and oxygen atoms in total. The number of urea groups is 1. The maximum absolute atomic E-state index is 13.0. The summed E-state index contributed by atoms with van der Waals surface area (Å²) >= 11 is 0. The summed E-state index contributed by atoms with van der Waals surface area (Å²) in [6.45, 7) is 0.178. The zero-order valence-corrected chi connectivity index (χ0v) is 18.4. The van der Waals surface area contributed by atoms with E-state index in [1.807, 2.05) is 0 Å². The van der Waals surface area contributed by atoms with Crippen molar-refractivity contribution < 1.29 is 33.9 Å². The van der Waals surface area contributed by atoms with Gasteiger partial charge in [0.05, 0.1) is 16.2 Å². The van der Waals surface area contributed by atoms with Crippen LogP contribution in [0.1, 0.15) is 21.5 Å². The first kappa shape index (κ1) is 23.8. The zero-order chi connectivity index (χ0) is 25.8. The van der Waals surface area contributed by atoms with Gasteiger partial charge in [0.25, 0.3) is 17.5 Å². The highest BCUT2D eigenvalue weighted by Gasteiger charge is 2.36. The van der Waals surface area contributed by atoms with Gasteiger partial charge in [-0.2, -0.15) is 0 Å². The quantitative estimate of drug-likeness (QED) is 0.222. The van der Waals surface area contributed by atoms with Crippen molar-refractivity contribution >= 4 is 41.3 Å². The van der Waals surface area contributed by atoms with Crippen LogP contribution in [0.4, 0.5) is 16.2 Å². The van der Waals surface area contributed by atoms with Crippen LogP contribution in [0.2, 0.25) is 0 Å². The molecular formula is C25H17N3O8. The number of carbonyl (C=O) groups excluding carboxylic acids is 3. The van der Waals surface area contributed by atoms with E-state index in [0.717, 1.165) is 10.5 Å². The van der Waals surface area contributed by atoms with Gasteiger partial charge in [-0.3, -0.25) is 25.0 Å². The molecule has 36 heavy (non-hydrogen) atoms. The molecule has 0 atom stereocenters. The van der Waals surface area contributed by atoms with E-state index in [0.29, 0.717) is 11.3 Å². The van der Waals surface area contributed by atoms with Gasteiger partial charge in [-0.1, -0.05) is 12.1 Å². The third-order valence-electron chi connectivity index (χ3n) is 5.22. The van der Waals surface area contributed by atoms with E-state index in [4.69, 9.17) is 9.84 Å². The van der Waals surface area contributed by atoms with Crippen molar-refractivity contribution in [3.63, 3.8) is 0 Å². The summed E-state index contributed by atoms with van der Waals surface area (Å²) in [7, 11) is 0. The molecule has 180 valence electrons. The minimum absolute atomic E-state index is 0.0185. The number of rotatable bonds is 7.